The minimum absolute atomic E-state index is 0. The van der Waals surface area contributed by atoms with Crippen molar-refractivity contribution >= 4 is 35.6 Å². The zero-order valence-electron chi connectivity index (χ0n) is 16.7. The van der Waals surface area contributed by atoms with Gasteiger partial charge in [-0.3, -0.25) is 0 Å². The Morgan fingerprint density at radius 2 is 1.79 bits per heavy atom. The SMILES string of the molecule is CN[C@@H]1CCN(CC(c2ccc3ccccc3c2)C2CCCCC2O)C1.Cl.Cl. The van der Waals surface area contributed by atoms with Gasteiger partial charge in [-0.15, -0.1) is 24.8 Å². The molecule has 1 saturated carbocycles. The van der Waals surface area contributed by atoms with Crippen molar-refractivity contribution in [1.29, 1.82) is 0 Å². The van der Waals surface area contributed by atoms with Gasteiger partial charge >= 0.3 is 0 Å². The van der Waals surface area contributed by atoms with Crippen LogP contribution in [0.15, 0.2) is 42.5 Å². The summed E-state index contributed by atoms with van der Waals surface area (Å²) in [4.78, 5) is 2.60. The van der Waals surface area contributed by atoms with E-state index in [9.17, 15) is 5.11 Å². The number of likely N-dealkylation sites (N-methyl/N-ethyl adjacent to an activating group) is 1. The van der Waals surface area contributed by atoms with Crippen molar-refractivity contribution in [2.45, 2.75) is 50.2 Å². The highest BCUT2D eigenvalue weighted by Crippen LogP contribution is 2.38. The molecule has 5 heteroatoms. The van der Waals surface area contributed by atoms with E-state index in [1.54, 1.807) is 0 Å². The monoisotopic (exact) mass is 424 g/mol. The van der Waals surface area contributed by atoms with Crippen molar-refractivity contribution in [3.05, 3.63) is 48.0 Å². The molecule has 0 radical (unpaired) electrons. The third-order valence-electron chi connectivity index (χ3n) is 6.64. The predicted molar refractivity (Wildman–Crippen MR) is 123 cm³/mol. The summed E-state index contributed by atoms with van der Waals surface area (Å²) < 4.78 is 0. The van der Waals surface area contributed by atoms with E-state index < -0.39 is 0 Å². The number of nitrogens with zero attached hydrogens (tertiary/aromatic N) is 1. The zero-order chi connectivity index (χ0) is 17.9. The molecule has 28 heavy (non-hydrogen) atoms. The van der Waals surface area contributed by atoms with Gasteiger partial charge in [0.05, 0.1) is 6.10 Å². The fourth-order valence-corrected chi connectivity index (χ4v) is 5.05. The first-order chi connectivity index (χ1) is 12.7. The topological polar surface area (TPSA) is 35.5 Å². The number of likely N-dealkylation sites (tertiary alicyclic amines) is 1. The molecule has 2 aromatic rings. The maximum atomic E-state index is 10.8. The number of nitrogens with one attached hydrogen (secondary N) is 1. The number of aliphatic hydroxyl groups excluding tert-OH is 1. The molecule has 3 unspecified atom stereocenters. The summed E-state index contributed by atoms with van der Waals surface area (Å²) >= 11 is 0. The third-order valence-corrected chi connectivity index (χ3v) is 6.64. The molecule has 0 aromatic heterocycles. The smallest absolute Gasteiger partial charge is 0.0574 e. The average molecular weight is 425 g/mol. The molecular weight excluding hydrogens is 391 g/mol. The Labute approximate surface area is 181 Å². The van der Waals surface area contributed by atoms with Gasteiger partial charge in [-0.1, -0.05) is 55.3 Å². The van der Waals surface area contributed by atoms with Gasteiger partial charge in [-0.2, -0.15) is 0 Å². The van der Waals surface area contributed by atoms with E-state index >= 15 is 0 Å². The lowest BCUT2D eigenvalue weighted by molar-refractivity contribution is 0.0476. The van der Waals surface area contributed by atoms with Crippen LogP contribution in [0, 0.1) is 5.92 Å². The fourth-order valence-electron chi connectivity index (χ4n) is 5.05. The van der Waals surface area contributed by atoms with E-state index in [-0.39, 0.29) is 30.9 Å². The molecule has 1 saturated heterocycles. The molecule has 0 amide bonds. The van der Waals surface area contributed by atoms with Gasteiger partial charge in [-0.25, -0.2) is 0 Å². The van der Waals surface area contributed by atoms with Crippen LogP contribution in [0.5, 0.6) is 0 Å². The number of hydrogen-bond donors (Lipinski definition) is 2. The van der Waals surface area contributed by atoms with E-state index in [1.165, 1.54) is 42.1 Å². The first-order valence-corrected chi connectivity index (χ1v) is 10.3. The molecular formula is C23H34Cl2N2O. The molecule has 4 rings (SSSR count). The van der Waals surface area contributed by atoms with Crippen LogP contribution < -0.4 is 5.32 Å². The number of fused-ring (bicyclic) bond motifs is 1. The van der Waals surface area contributed by atoms with Crippen molar-refractivity contribution in [3.8, 4) is 0 Å². The molecule has 2 N–H and O–H groups in total. The number of aliphatic hydroxyl groups is 1. The predicted octanol–water partition coefficient (Wildman–Crippen LogP) is 4.61. The molecule has 0 spiro atoms. The Balaban J connectivity index is 0.00000140. The summed E-state index contributed by atoms with van der Waals surface area (Å²) in [5, 5.41) is 16.8. The van der Waals surface area contributed by atoms with Crippen LogP contribution in [0.3, 0.4) is 0 Å². The maximum absolute atomic E-state index is 10.8. The Hall–Kier alpha value is -0.840. The highest BCUT2D eigenvalue weighted by atomic mass is 35.5. The Morgan fingerprint density at radius 3 is 2.50 bits per heavy atom. The molecule has 3 nitrogen and oxygen atoms in total. The number of rotatable bonds is 5. The van der Waals surface area contributed by atoms with Gasteiger partial charge in [0.15, 0.2) is 0 Å². The summed E-state index contributed by atoms with van der Waals surface area (Å²) in [6, 6.07) is 16.2. The molecule has 2 aliphatic rings. The summed E-state index contributed by atoms with van der Waals surface area (Å²) in [5.74, 6) is 0.809. The van der Waals surface area contributed by atoms with Gasteiger partial charge in [-0.05, 0) is 55.1 Å². The third kappa shape index (κ3) is 5.20. The zero-order valence-corrected chi connectivity index (χ0v) is 18.4. The second-order valence-corrected chi connectivity index (χ2v) is 8.26. The molecule has 1 aliphatic heterocycles. The second-order valence-electron chi connectivity index (χ2n) is 8.26. The molecule has 156 valence electrons. The number of halogens is 2. The van der Waals surface area contributed by atoms with Crippen molar-refractivity contribution in [2.75, 3.05) is 26.7 Å². The quantitative estimate of drug-likeness (QED) is 0.734. The molecule has 2 fully saturated rings. The fraction of sp³-hybridized carbons (Fsp3) is 0.565. The number of benzene rings is 2. The van der Waals surface area contributed by atoms with Crippen LogP contribution in [0.1, 0.15) is 43.6 Å². The van der Waals surface area contributed by atoms with Crippen LogP contribution in [-0.2, 0) is 0 Å². The Kier molecular flexibility index (Phi) is 9.04. The van der Waals surface area contributed by atoms with Crippen molar-refractivity contribution in [1.82, 2.24) is 10.2 Å². The molecule has 2 aromatic carbocycles. The van der Waals surface area contributed by atoms with Crippen LogP contribution in [0.25, 0.3) is 10.8 Å². The normalized spacial score (nSPS) is 26.4. The lowest BCUT2D eigenvalue weighted by Gasteiger charge is -2.37. The highest BCUT2D eigenvalue weighted by Gasteiger charge is 2.34. The van der Waals surface area contributed by atoms with E-state index in [0.29, 0.717) is 17.9 Å². The molecule has 0 bridgehead atoms. The minimum atomic E-state index is -0.150. The number of hydrogen-bond acceptors (Lipinski definition) is 3. The van der Waals surface area contributed by atoms with Crippen molar-refractivity contribution in [2.24, 2.45) is 5.92 Å². The van der Waals surface area contributed by atoms with Gasteiger partial charge < -0.3 is 15.3 Å². The standard InChI is InChI=1S/C23H32N2O.2ClH/c1-24-20-12-13-25(15-20)16-22(21-8-4-5-9-23(21)26)19-11-10-17-6-2-3-7-18(17)14-19;;/h2-3,6-7,10-11,14,20-24,26H,4-5,8-9,12-13,15-16H2,1H3;2*1H/t20-,21?,22?,23?;;/m1../s1. The van der Waals surface area contributed by atoms with E-state index in [1.807, 2.05) is 0 Å². The molecule has 1 aliphatic carbocycles. The summed E-state index contributed by atoms with van der Waals surface area (Å²) in [7, 11) is 2.07. The second kappa shape index (κ2) is 10.8. The van der Waals surface area contributed by atoms with Crippen molar-refractivity contribution < 1.29 is 5.11 Å². The first kappa shape index (κ1) is 23.4. The van der Waals surface area contributed by atoms with E-state index in [4.69, 9.17) is 0 Å². The summed E-state index contributed by atoms with van der Waals surface area (Å²) in [6.07, 6.45) is 5.63. The van der Waals surface area contributed by atoms with Crippen LogP contribution >= 0.6 is 24.8 Å². The van der Waals surface area contributed by atoms with E-state index in [0.717, 1.165) is 25.9 Å². The molecule has 1 heterocycles. The molecule has 4 atom stereocenters. The summed E-state index contributed by atoms with van der Waals surface area (Å²) in [5.41, 5.74) is 1.41. The lowest BCUT2D eigenvalue weighted by Crippen LogP contribution is -2.38. The van der Waals surface area contributed by atoms with Gasteiger partial charge in [0.2, 0.25) is 0 Å². The lowest BCUT2D eigenvalue weighted by atomic mass is 9.74. The maximum Gasteiger partial charge on any atom is 0.0574 e. The minimum Gasteiger partial charge on any atom is -0.393 e. The van der Waals surface area contributed by atoms with Crippen LogP contribution in [-0.4, -0.2) is 48.8 Å². The van der Waals surface area contributed by atoms with E-state index in [2.05, 4.69) is 59.7 Å². The Morgan fingerprint density at radius 1 is 1.04 bits per heavy atom. The van der Waals surface area contributed by atoms with Crippen molar-refractivity contribution in [3.63, 3.8) is 0 Å². The van der Waals surface area contributed by atoms with Gasteiger partial charge in [0.1, 0.15) is 0 Å². The van der Waals surface area contributed by atoms with Crippen LogP contribution in [0.4, 0.5) is 0 Å². The highest BCUT2D eigenvalue weighted by molar-refractivity contribution is 5.85. The Bertz CT molecular complexity index is 741. The van der Waals surface area contributed by atoms with Gasteiger partial charge in [0.25, 0.3) is 0 Å². The largest absolute Gasteiger partial charge is 0.393 e. The average Bonchev–Trinajstić information content (AvgIpc) is 3.14. The first-order valence-electron chi connectivity index (χ1n) is 10.3. The van der Waals surface area contributed by atoms with Gasteiger partial charge in [0, 0.05) is 25.0 Å². The summed E-state index contributed by atoms with van der Waals surface area (Å²) in [6.45, 7) is 3.36. The van der Waals surface area contributed by atoms with Crippen LogP contribution in [0.2, 0.25) is 0 Å².